The van der Waals surface area contributed by atoms with Crippen LogP contribution in [-0.4, -0.2) is 40.6 Å². The molecule has 0 saturated heterocycles. The van der Waals surface area contributed by atoms with E-state index in [2.05, 4.69) is 4.98 Å². The summed E-state index contributed by atoms with van der Waals surface area (Å²) >= 11 is 0. The third-order valence-electron chi connectivity index (χ3n) is 3.07. The lowest BCUT2D eigenvalue weighted by Crippen LogP contribution is -2.37. The van der Waals surface area contributed by atoms with E-state index in [1.807, 2.05) is 30.3 Å². The fourth-order valence-electron chi connectivity index (χ4n) is 1.78. The number of carbonyl (C=O) groups is 1. The lowest BCUT2D eigenvalue weighted by Gasteiger charge is -2.18. The number of para-hydroxylation sites is 1. The van der Waals surface area contributed by atoms with E-state index in [4.69, 9.17) is 4.74 Å². The van der Waals surface area contributed by atoms with Crippen molar-refractivity contribution in [2.75, 3.05) is 20.2 Å². The zero-order chi connectivity index (χ0) is 15.9. The zero-order valence-electron chi connectivity index (χ0n) is 12.2. The number of amides is 1. The first-order chi connectivity index (χ1) is 10.6. The smallest absolute Gasteiger partial charge is 0.328 e. The number of aromatic amines is 1. The summed E-state index contributed by atoms with van der Waals surface area (Å²) in [6.45, 7) is 0.621. The van der Waals surface area contributed by atoms with Crippen molar-refractivity contribution in [2.45, 2.75) is 6.54 Å². The molecule has 0 aliphatic rings. The van der Waals surface area contributed by atoms with Crippen molar-refractivity contribution < 1.29 is 9.53 Å². The van der Waals surface area contributed by atoms with Crippen LogP contribution in [0.1, 0.15) is 0 Å². The van der Waals surface area contributed by atoms with Gasteiger partial charge >= 0.3 is 5.69 Å². The van der Waals surface area contributed by atoms with Gasteiger partial charge in [0.15, 0.2) is 0 Å². The Morgan fingerprint density at radius 3 is 2.64 bits per heavy atom. The highest BCUT2D eigenvalue weighted by atomic mass is 16.5. The summed E-state index contributed by atoms with van der Waals surface area (Å²) in [4.78, 5) is 38.1. The van der Waals surface area contributed by atoms with E-state index < -0.39 is 11.2 Å². The molecule has 0 unspecified atom stereocenters. The van der Waals surface area contributed by atoms with Crippen LogP contribution in [0.25, 0.3) is 0 Å². The number of H-pyrrole nitrogens is 1. The molecule has 2 aromatic rings. The van der Waals surface area contributed by atoms with E-state index >= 15 is 0 Å². The predicted octanol–water partition coefficient (Wildman–Crippen LogP) is 0.0740. The molecule has 0 atom stereocenters. The van der Waals surface area contributed by atoms with Gasteiger partial charge in [-0.05, 0) is 12.1 Å². The Hall–Kier alpha value is -2.83. The molecule has 7 nitrogen and oxygen atoms in total. The molecule has 1 aromatic carbocycles. The van der Waals surface area contributed by atoms with E-state index in [0.29, 0.717) is 13.2 Å². The topological polar surface area (TPSA) is 84.4 Å². The average molecular weight is 303 g/mol. The highest BCUT2D eigenvalue weighted by Crippen LogP contribution is 2.07. The van der Waals surface area contributed by atoms with Crippen molar-refractivity contribution in [1.29, 1.82) is 0 Å². The minimum Gasteiger partial charge on any atom is -0.492 e. The number of carbonyl (C=O) groups excluding carboxylic acids is 1. The molecule has 7 heteroatoms. The largest absolute Gasteiger partial charge is 0.492 e. The number of ether oxygens (including phenoxy) is 1. The van der Waals surface area contributed by atoms with E-state index in [0.717, 1.165) is 10.3 Å². The standard InChI is InChI=1S/C15H17N3O4/c1-17(9-10-22-12-5-3-2-4-6-12)14(20)11-18-8-7-13(19)16-15(18)21/h2-8H,9-11H2,1H3,(H,16,19,21). The summed E-state index contributed by atoms with van der Waals surface area (Å²) < 4.78 is 6.66. The number of rotatable bonds is 6. The van der Waals surface area contributed by atoms with Gasteiger partial charge < -0.3 is 9.64 Å². The van der Waals surface area contributed by atoms with Gasteiger partial charge in [0.25, 0.3) is 5.56 Å². The van der Waals surface area contributed by atoms with Crippen LogP contribution in [0.3, 0.4) is 0 Å². The lowest BCUT2D eigenvalue weighted by atomic mass is 10.3. The van der Waals surface area contributed by atoms with Gasteiger partial charge in [0.05, 0.1) is 6.54 Å². The van der Waals surface area contributed by atoms with Crippen molar-refractivity contribution in [3.63, 3.8) is 0 Å². The molecule has 1 aromatic heterocycles. The van der Waals surface area contributed by atoms with Crippen LogP contribution < -0.4 is 16.0 Å². The number of aromatic nitrogens is 2. The van der Waals surface area contributed by atoms with Crippen LogP contribution in [0.2, 0.25) is 0 Å². The summed E-state index contributed by atoms with van der Waals surface area (Å²) in [6, 6.07) is 10.5. The van der Waals surface area contributed by atoms with Gasteiger partial charge in [0, 0.05) is 19.3 Å². The summed E-state index contributed by atoms with van der Waals surface area (Å²) in [5.74, 6) is 0.492. The molecule has 0 radical (unpaired) electrons. The molecular formula is C15H17N3O4. The van der Waals surface area contributed by atoms with Crippen LogP contribution in [0.4, 0.5) is 0 Å². The number of benzene rings is 1. The first kappa shape index (κ1) is 15.6. The predicted molar refractivity (Wildman–Crippen MR) is 80.9 cm³/mol. The maximum Gasteiger partial charge on any atom is 0.328 e. The summed E-state index contributed by atoms with van der Waals surface area (Å²) in [5, 5.41) is 0. The minimum absolute atomic E-state index is 0.128. The molecule has 0 saturated carbocycles. The number of nitrogens with zero attached hydrogens (tertiary/aromatic N) is 2. The molecule has 22 heavy (non-hydrogen) atoms. The second-order valence-electron chi connectivity index (χ2n) is 4.71. The Balaban J connectivity index is 1.84. The molecule has 1 N–H and O–H groups in total. The Kier molecular flexibility index (Phi) is 5.13. The van der Waals surface area contributed by atoms with E-state index in [-0.39, 0.29) is 12.5 Å². The second kappa shape index (κ2) is 7.26. The van der Waals surface area contributed by atoms with Crippen molar-refractivity contribution >= 4 is 5.91 Å². The van der Waals surface area contributed by atoms with Crippen molar-refractivity contribution in [2.24, 2.45) is 0 Å². The van der Waals surface area contributed by atoms with Crippen LogP contribution in [-0.2, 0) is 11.3 Å². The molecule has 116 valence electrons. The minimum atomic E-state index is -0.602. The maximum atomic E-state index is 12.0. The van der Waals surface area contributed by atoms with Gasteiger partial charge in [-0.2, -0.15) is 0 Å². The molecule has 0 bridgehead atoms. The number of likely N-dealkylation sites (N-methyl/N-ethyl adjacent to an activating group) is 1. The Bertz CT molecular complexity index is 736. The molecule has 1 amide bonds. The van der Waals surface area contributed by atoms with Gasteiger partial charge in [-0.3, -0.25) is 19.1 Å². The van der Waals surface area contributed by atoms with Crippen LogP contribution in [0, 0.1) is 0 Å². The summed E-state index contributed by atoms with van der Waals surface area (Å²) in [6.07, 6.45) is 1.30. The van der Waals surface area contributed by atoms with Gasteiger partial charge in [0.1, 0.15) is 18.9 Å². The third-order valence-corrected chi connectivity index (χ3v) is 3.07. The lowest BCUT2D eigenvalue weighted by molar-refractivity contribution is -0.130. The van der Waals surface area contributed by atoms with Gasteiger partial charge in [-0.15, -0.1) is 0 Å². The Labute approximate surface area is 126 Å². The first-order valence-corrected chi connectivity index (χ1v) is 6.78. The summed E-state index contributed by atoms with van der Waals surface area (Å²) in [5.41, 5.74) is -1.09. The highest BCUT2D eigenvalue weighted by Gasteiger charge is 2.10. The second-order valence-corrected chi connectivity index (χ2v) is 4.71. The quantitative estimate of drug-likeness (QED) is 0.818. The SMILES string of the molecule is CN(CCOc1ccccc1)C(=O)Cn1ccc(=O)[nH]c1=O. The maximum absolute atomic E-state index is 12.0. The van der Waals surface area contributed by atoms with Crippen LogP contribution in [0.5, 0.6) is 5.75 Å². The molecule has 0 aliphatic heterocycles. The zero-order valence-corrected chi connectivity index (χ0v) is 12.2. The molecule has 2 rings (SSSR count). The van der Waals surface area contributed by atoms with Crippen LogP contribution in [0.15, 0.2) is 52.2 Å². The number of nitrogens with one attached hydrogen (secondary N) is 1. The number of hydrogen-bond acceptors (Lipinski definition) is 4. The average Bonchev–Trinajstić information content (AvgIpc) is 2.51. The monoisotopic (exact) mass is 303 g/mol. The highest BCUT2D eigenvalue weighted by molar-refractivity contribution is 5.75. The fraction of sp³-hybridized carbons (Fsp3) is 0.267. The number of hydrogen-bond donors (Lipinski definition) is 1. The van der Waals surface area contributed by atoms with Crippen molar-refractivity contribution in [3.8, 4) is 5.75 Å². The Morgan fingerprint density at radius 1 is 1.23 bits per heavy atom. The van der Waals surface area contributed by atoms with Gasteiger partial charge in [-0.1, -0.05) is 18.2 Å². The van der Waals surface area contributed by atoms with Crippen molar-refractivity contribution in [1.82, 2.24) is 14.5 Å². The molecule has 0 spiro atoms. The summed E-state index contributed by atoms with van der Waals surface area (Å²) in [7, 11) is 1.63. The van der Waals surface area contributed by atoms with Gasteiger partial charge in [-0.25, -0.2) is 4.79 Å². The molecule has 0 aliphatic carbocycles. The van der Waals surface area contributed by atoms with E-state index in [1.54, 1.807) is 7.05 Å². The first-order valence-electron chi connectivity index (χ1n) is 6.78. The molecular weight excluding hydrogens is 286 g/mol. The molecule has 0 fully saturated rings. The third kappa shape index (κ3) is 4.34. The normalized spacial score (nSPS) is 10.2. The van der Waals surface area contributed by atoms with Gasteiger partial charge in [0.2, 0.25) is 5.91 Å². The molecule has 1 heterocycles. The van der Waals surface area contributed by atoms with Crippen molar-refractivity contribution in [3.05, 3.63) is 63.4 Å². The Morgan fingerprint density at radius 2 is 1.95 bits per heavy atom. The van der Waals surface area contributed by atoms with Crippen LogP contribution >= 0.6 is 0 Å². The van der Waals surface area contributed by atoms with E-state index in [1.165, 1.54) is 17.2 Å². The van der Waals surface area contributed by atoms with E-state index in [9.17, 15) is 14.4 Å². The fourth-order valence-corrected chi connectivity index (χ4v) is 1.78.